The topological polar surface area (TPSA) is 73.2 Å². The van der Waals surface area contributed by atoms with Gasteiger partial charge in [-0.05, 0) is 19.1 Å². The minimum absolute atomic E-state index is 0.00316. The van der Waals surface area contributed by atoms with Gasteiger partial charge in [0, 0.05) is 17.7 Å². The Hall–Kier alpha value is -3.41. The van der Waals surface area contributed by atoms with Gasteiger partial charge in [0.05, 0.1) is 18.1 Å². The number of rotatable bonds is 4. The Labute approximate surface area is 150 Å². The number of aromatic nitrogens is 2. The maximum atomic E-state index is 13.0. The largest absolute Gasteiger partial charge is 0.491 e. The van der Waals surface area contributed by atoms with Crippen LogP contribution in [0.1, 0.15) is 27.6 Å². The van der Waals surface area contributed by atoms with E-state index in [1.165, 1.54) is 7.11 Å². The second-order valence-corrected chi connectivity index (χ2v) is 5.91. The maximum Gasteiger partial charge on any atom is 0.230 e. The van der Waals surface area contributed by atoms with Gasteiger partial charge in [0.25, 0.3) is 0 Å². The predicted octanol–water partition coefficient (Wildman–Crippen LogP) is 3.41. The molecule has 4 rings (SSSR count). The molecule has 6 nitrogen and oxygen atoms in total. The van der Waals surface area contributed by atoms with Crippen molar-refractivity contribution in [1.82, 2.24) is 9.55 Å². The summed E-state index contributed by atoms with van der Waals surface area (Å²) in [4.78, 5) is 30.2. The molecular weight excluding hydrogens is 330 g/mol. The highest BCUT2D eigenvalue weighted by Crippen LogP contribution is 2.28. The molecule has 0 saturated heterocycles. The molecular formula is C20H17N3O3. The second kappa shape index (κ2) is 6.15. The molecule has 0 atom stereocenters. The third kappa shape index (κ3) is 2.30. The van der Waals surface area contributed by atoms with Crippen LogP contribution in [0.5, 0.6) is 0 Å². The number of fused-ring (bicyclic) bond motifs is 2. The monoisotopic (exact) mass is 347 g/mol. The molecule has 26 heavy (non-hydrogen) atoms. The summed E-state index contributed by atoms with van der Waals surface area (Å²) in [5.41, 5.74) is 2.59. The van der Waals surface area contributed by atoms with E-state index in [0.717, 1.165) is 11.0 Å². The molecule has 0 aliphatic heterocycles. The number of imidazole rings is 1. The minimum atomic E-state index is -0.315. The number of allylic oxidation sites excluding steroid dienone is 2. The quantitative estimate of drug-likeness (QED) is 0.783. The Morgan fingerprint density at radius 2 is 1.65 bits per heavy atom. The fourth-order valence-corrected chi connectivity index (χ4v) is 3.26. The number of hydrogen-bond donors (Lipinski definition) is 1. The van der Waals surface area contributed by atoms with Crippen molar-refractivity contribution < 1.29 is 14.3 Å². The predicted molar refractivity (Wildman–Crippen MR) is 98.2 cm³/mol. The molecule has 1 heterocycles. The fourth-order valence-electron chi connectivity index (χ4n) is 3.26. The molecule has 6 heteroatoms. The van der Waals surface area contributed by atoms with E-state index in [4.69, 9.17) is 4.74 Å². The highest BCUT2D eigenvalue weighted by atomic mass is 16.5. The highest BCUT2D eigenvalue weighted by molar-refractivity contribution is 6.27. The van der Waals surface area contributed by atoms with Crippen molar-refractivity contribution in [2.24, 2.45) is 0 Å². The van der Waals surface area contributed by atoms with Gasteiger partial charge in [0.2, 0.25) is 17.5 Å². The van der Waals surface area contributed by atoms with Crippen LogP contribution in [0.3, 0.4) is 0 Å². The summed E-state index contributed by atoms with van der Waals surface area (Å²) in [5, 5.41) is 3.05. The van der Waals surface area contributed by atoms with Gasteiger partial charge in [-0.1, -0.05) is 36.4 Å². The lowest BCUT2D eigenvalue weighted by atomic mass is 9.91. The van der Waals surface area contributed by atoms with Crippen molar-refractivity contribution in [3.63, 3.8) is 0 Å². The van der Waals surface area contributed by atoms with Crippen LogP contribution in [0.15, 0.2) is 60.0 Å². The van der Waals surface area contributed by atoms with Gasteiger partial charge >= 0.3 is 0 Å². The average Bonchev–Trinajstić information content (AvgIpc) is 3.03. The van der Waals surface area contributed by atoms with Crippen LogP contribution in [0.4, 0.5) is 5.95 Å². The Kier molecular flexibility index (Phi) is 3.80. The van der Waals surface area contributed by atoms with Crippen molar-refractivity contribution in [3.05, 3.63) is 71.1 Å². The third-order valence-corrected chi connectivity index (χ3v) is 4.49. The zero-order valence-corrected chi connectivity index (χ0v) is 14.4. The summed E-state index contributed by atoms with van der Waals surface area (Å²) >= 11 is 0. The molecule has 130 valence electrons. The number of benzene rings is 2. The first-order valence-electron chi connectivity index (χ1n) is 8.34. The van der Waals surface area contributed by atoms with Gasteiger partial charge in [-0.3, -0.25) is 9.59 Å². The Morgan fingerprint density at radius 3 is 2.35 bits per heavy atom. The number of ether oxygens (including phenoxy) is 1. The Morgan fingerprint density at radius 1 is 1.00 bits per heavy atom. The van der Waals surface area contributed by atoms with Crippen molar-refractivity contribution in [2.75, 3.05) is 12.4 Å². The molecule has 1 aliphatic rings. The van der Waals surface area contributed by atoms with Crippen LogP contribution < -0.4 is 5.32 Å². The van der Waals surface area contributed by atoms with Gasteiger partial charge in [-0.25, -0.2) is 4.98 Å². The van der Waals surface area contributed by atoms with E-state index in [9.17, 15) is 9.59 Å². The number of hydrogen-bond acceptors (Lipinski definition) is 5. The summed E-state index contributed by atoms with van der Waals surface area (Å²) in [5.74, 6) is -0.0988. The molecule has 0 spiro atoms. The number of anilines is 1. The smallest absolute Gasteiger partial charge is 0.230 e. The van der Waals surface area contributed by atoms with Crippen molar-refractivity contribution in [3.8, 4) is 0 Å². The number of nitrogens with one attached hydrogen (secondary N) is 1. The molecule has 0 fully saturated rings. The van der Waals surface area contributed by atoms with Crippen LogP contribution in [0, 0.1) is 0 Å². The molecule has 3 aromatic rings. The average molecular weight is 347 g/mol. The van der Waals surface area contributed by atoms with Gasteiger partial charge in [0.15, 0.2) is 5.76 Å². The number of ketones is 2. The van der Waals surface area contributed by atoms with E-state index in [1.54, 1.807) is 24.3 Å². The molecule has 2 aromatic carbocycles. The number of Topliss-reactive ketones (excluding diaryl/α,β-unsaturated/α-hetero) is 2. The standard InChI is InChI=1S/C20H17N3O3/c1-3-23-15-11-7-6-10-14(15)21-20(23)22-16-17(24)12-8-4-5-9-13(12)18(25)19(16)26-2/h4-11H,3H2,1-2H3,(H,21,22). The van der Waals surface area contributed by atoms with E-state index in [-0.39, 0.29) is 23.0 Å². The summed E-state index contributed by atoms with van der Waals surface area (Å²) < 4.78 is 7.23. The van der Waals surface area contributed by atoms with Crippen LogP contribution >= 0.6 is 0 Å². The van der Waals surface area contributed by atoms with Crippen LogP contribution in [0.25, 0.3) is 11.0 Å². The lowest BCUT2D eigenvalue weighted by Gasteiger charge is -2.20. The van der Waals surface area contributed by atoms with Gasteiger partial charge < -0.3 is 14.6 Å². The lowest BCUT2D eigenvalue weighted by Crippen LogP contribution is -2.27. The molecule has 0 amide bonds. The minimum Gasteiger partial charge on any atom is -0.491 e. The van der Waals surface area contributed by atoms with Crippen molar-refractivity contribution in [2.45, 2.75) is 13.5 Å². The van der Waals surface area contributed by atoms with Crippen LogP contribution in [-0.4, -0.2) is 28.2 Å². The number of methoxy groups -OCH3 is 1. The van der Waals surface area contributed by atoms with Crippen LogP contribution in [0.2, 0.25) is 0 Å². The summed E-state index contributed by atoms with van der Waals surface area (Å²) in [7, 11) is 1.39. The van der Waals surface area contributed by atoms with Gasteiger partial charge in [-0.15, -0.1) is 0 Å². The lowest BCUT2D eigenvalue weighted by molar-refractivity contribution is 0.0907. The van der Waals surface area contributed by atoms with Gasteiger partial charge in [0.1, 0.15) is 5.70 Å². The maximum absolute atomic E-state index is 13.0. The van der Waals surface area contributed by atoms with Crippen LogP contribution in [-0.2, 0) is 11.3 Å². The molecule has 0 unspecified atom stereocenters. The number of carbonyl (C=O) groups excluding carboxylic acids is 2. The third-order valence-electron chi connectivity index (χ3n) is 4.49. The van der Waals surface area contributed by atoms with E-state index < -0.39 is 0 Å². The molecule has 0 bridgehead atoms. The number of aryl methyl sites for hydroxylation is 1. The van der Waals surface area contributed by atoms with E-state index in [2.05, 4.69) is 10.3 Å². The molecule has 1 aliphatic carbocycles. The van der Waals surface area contributed by atoms with E-state index in [0.29, 0.717) is 23.6 Å². The molecule has 1 N–H and O–H groups in total. The zero-order chi connectivity index (χ0) is 18.3. The van der Waals surface area contributed by atoms with Crippen molar-refractivity contribution >= 4 is 28.5 Å². The summed E-state index contributed by atoms with van der Waals surface area (Å²) in [6.45, 7) is 2.66. The number of nitrogens with zero attached hydrogens (tertiary/aromatic N) is 2. The first-order chi connectivity index (χ1) is 12.7. The van der Waals surface area contributed by atoms with E-state index >= 15 is 0 Å². The number of carbonyl (C=O) groups is 2. The first-order valence-corrected chi connectivity index (χ1v) is 8.34. The molecule has 0 saturated carbocycles. The highest BCUT2D eigenvalue weighted by Gasteiger charge is 2.34. The molecule has 0 radical (unpaired) electrons. The fraction of sp³-hybridized carbons (Fsp3) is 0.150. The zero-order valence-electron chi connectivity index (χ0n) is 14.4. The molecule has 1 aromatic heterocycles. The first kappa shape index (κ1) is 16.1. The SMILES string of the molecule is CCn1c(NC2=C(OC)C(=O)c3ccccc3C2=O)nc2ccccc21. The summed E-state index contributed by atoms with van der Waals surface area (Å²) in [6.07, 6.45) is 0. The number of para-hydroxylation sites is 2. The summed E-state index contributed by atoms with van der Waals surface area (Å²) in [6, 6.07) is 14.5. The second-order valence-electron chi connectivity index (χ2n) is 5.91. The normalized spacial score (nSPS) is 13.9. The Balaban J connectivity index is 1.85. The van der Waals surface area contributed by atoms with Crippen molar-refractivity contribution in [1.29, 1.82) is 0 Å². The van der Waals surface area contributed by atoms with Gasteiger partial charge in [-0.2, -0.15) is 0 Å². The van der Waals surface area contributed by atoms with E-state index in [1.807, 2.05) is 35.8 Å². The Bertz CT molecular complexity index is 1080.